The second-order valence-electron chi connectivity index (χ2n) is 18.3. The van der Waals surface area contributed by atoms with Crippen LogP contribution < -0.4 is 5.32 Å². The monoisotopic (exact) mass is 815 g/mol. The van der Waals surface area contributed by atoms with Crippen molar-refractivity contribution in [1.29, 1.82) is 0 Å². The van der Waals surface area contributed by atoms with Gasteiger partial charge >= 0.3 is 0 Å². The third-order valence-corrected chi connectivity index (χ3v) is 13.4. The summed E-state index contributed by atoms with van der Waals surface area (Å²) in [5, 5.41) is 58.8. The number of ketones is 3. The number of carbonyl (C=O) groups excluding carboxylic acids is 4. The zero-order chi connectivity index (χ0) is 43.1. The summed E-state index contributed by atoms with van der Waals surface area (Å²) in [5.41, 5.74) is 1.55. The molecule has 1 saturated heterocycles. The van der Waals surface area contributed by atoms with Crippen LogP contribution >= 0.6 is 0 Å². The molecule has 5 aliphatic rings. The second-order valence-corrected chi connectivity index (χ2v) is 18.3. The zero-order valence-electron chi connectivity index (χ0n) is 35.3. The van der Waals surface area contributed by atoms with Crippen LogP contribution in [0, 0.1) is 23.2 Å². The molecule has 0 bridgehead atoms. The molecule has 9 atom stereocenters. The zero-order valence-corrected chi connectivity index (χ0v) is 35.3. The number of nitrogens with one attached hydrogen (secondary N) is 1. The third-order valence-electron chi connectivity index (χ3n) is 13.4. The van der Waals surface area contributed by atoms with E-state index in [1.165, 1.54) is 23.6 Å². The van der Waals surface area contributed by atoms with E-state index in [1.54, 1.807) is 13.8 Å². The van der Waals surface area contributed by atoms with Crippen LogP contribution in [0.5, 0.6) is 11.5 Å². The van der Waals surface area contributed by atoms with Crippen LogP contribution in [0.4, 0.5) is 0 Å². The highest BCUT2D eigenvalue weighted by Crippen LogP contribution is 2.54. The highest BCUT2D eigenvalue weighted by atomic mass is 16.7. The van der Waals surface area contributed by atoms with Crippen LogP contribution in [-0.4, -0.2) is 85.5 Å². The van der Waals surface area contributed by atoms with Crippen molar-refractivity contribution in [3.05, 3.63) is 81.0 Å². The smallest absolute Gasteiger partial charge is 0.244 e. The number of carbonyl (C=O) groups is 4. The fourth-order valence-corrected chi connectivity index (χ4v) is 10.1. The molecule has 12 heteroatoms. The van der Waals surface area contributed by atoms with E-state index in [0.717, 1.165) is 31.3 Å². The number of hydrogen-bond acceptors (Lipinski definition) is 11. The summed E-state index contributed by atoms with van der Waals surface area (Å²) < 4.78 is 12.3. The van der Waals surface area contributed by atoms with Crippen molar-refractivity contribution >= 4 is 23.3 Å². The SMILES string of the molecule is CC1=C(/C=C/C(C)=C/C=C/C(C)=C/C(=O)NC2CC(OC3CC(O)(C(=O)CO)Cc4c(O)c5c(c(O)c43)C(=O)C3C(C)CCCC3C5=O)OC(C)C2O)C(C)(C)CCC1. The normalized spacial score (nSPS) is 32.6. The molecule has 12 nitrogen and oxygen atoms in total. The van der Waals surface area contributed by atoms with Gasteiger partial charge in [-0.15, -0.1) is 0 Å². The quantitative estimate of drug-likeness (QED) is 0.0876. The molecule has 1 saturated carbocycles. The Morgan fingerprint density at radius 3 is 2.41 bits per heavy atom. The molecule has 1 aromatic carbocycles. The van der Waals surface area contributed by atoms with E-state index >= 15 is 0 Å². The van der Waals surface area contributed by atoms with E-state index in [1.807, 2.05) is 32.1 Å². The summed E-state index contributed by atoms with van der Waals surface area (Å²) in [7, 11) is 0. The molecule has 2 fully saturated rings. The number of aromatic hydroxyl groups is 2. The Hall–Kier alpha value is -4.20. The van der Waals surface area contributed by atoms with Crippen molar-refractivity contribution in [3.63, 3.8) is 0 Å². The van der Waals surface area contributed by atoms with E-state index in [-0.39, 0.29) is 40.0 Å². The van der Waals surface area contributed by atoms with Crippen LogP contribution in [0.25, 0.3) is 0 Å². The van der Waals surface area contributed by atoms with Crippen molar-refractivity contribution in [2.75, 3.05) is 6.61 Å². The molecule has 6 N–H and O–H groups in total. The molecule has 1 heterocycles. The summed E-state index contributed by atoms with van der Waals surface area (Å²) in [5.74, 6) is -5.03. The van der Waals surface area contributed by atoms with Crippen LogP contribution in [0.1, 0.15) is 138 Å². The van der Waals surface area contributed by atoms with Gasteiger partial charge in [-0.3, -0.25) is 19.2 Å². The number of hydrogen-bond donors (Lipinski definition) is 6. The summed E-state index contributed by atoms with van der Waals surface area (Å²) in [6, 6.07) is -0.867. The molecule has 0 aromatic heterocycles. The molecular weight excluding hydrogens is 755 g/mol. The molecule has 59 heavy (non-hydrogen) atoms. The Kier molecular flexibility index (Phi) is 13.1. The van der Waals surface area contributed by atoms with Gasteiger partial charge in [0, 0.05) is 48.3 Å². The number of aliphatic hydroxyl groups is 3. The molecule has 320 valence electrons. The topological polar surface area (TPSA) is 200 Å². The number of phenols is 2. The first-order chi connectivity index (χ1) is 27.8. The number of ether oxygens (including phenoxy) is 2. The molecular formula is C47H61NO11. The average Bonchev–Trinajstić information content (AvgIpc) is 3.16. The number of Topliss-reactive ketones (excluding diaryl/α,β-unsaturated/α-hetero) is 3. The lowest BCUT2D eigenvalue weighted by Crippen LogP contribution is -2.55. The Morgan fingerprint density at radius 1 is 1.00 bits per heavy atom. The minimum absolute atomic E-state index is 0.0714. The molecule has 1 aromatic rings. The third kappa shape index (κ3) is 8.84. The number of amides is 1. The number of aliphatic hydroxyl groups excluding tert-OH is 2. The maximum absolute atomic E-state index is 14.0. The second kappa shape index (κ2) is 17.4. The lowest BCUT2D eigenvalue weighted by Gasteiger charge is -2.43. The number of allylic oxidation sites excluding steroid dienone is 9. The van der Waals surface area contributed by atoms with E-state index in [9.17, 15) is 44.7 Å². The molecule has 9 unspecified atom stereocenters. The van der Waals surface area contributed by atoms with Gasteiger partial charge in [0.25, 0.3) is 0 Å². The molecule has 6 rings (SSSR count). The lowest BCUT2D eigenvalue weighted by molar-refractivity contribution is -0.249. The van der Waals surface area contributed by atoms with Crippen molar-refractivity contribution in [1.82, 2.24) is 5.32 Å². The first-order valence-corrected chi connectivity index (χ1v) is 21.0. The van der Waals surface area contributed by atoms with E-state index in [2.05, 4.69) is 38.2 Å². The van der Waals surface area contributed by atoms with Crippen molar-refractivity contribution in [2.45, 2.75) is 142 Å². The first-order valence-electron chi connectivity index (χ1n) is 21.0. The first kappa shape index (κ1) is 44.4. The van der Waals surface area contributed by atoms with E-state index < -0.39 is 102 Å². The summed E-state index contributed by atoms with van der Waals surface area (Å²) in [6.45, 7) is 13.0. The van der Waals surface area contributed by atoms with Gasteiger partial charge in [0.05, 0.1) is 29.4 Å². The highest BCUT2D eigenvalue weighted by molar-refractivity contribution is 6.19. The van der Waals surface area contributed by atoms with Crippen molar-refractivity contribution < 1.29 is 54.2 Å². The minimum atomic E-state index is -2.27. The van der Waals surface area contributed by atoms with Crippen molar-refractivity contribution in [2.24, 2.45) is 23.2 Å². The largest absolute Gasteiger partial charge is 0.507 e. The number of rotatable bonds is 10. The van der Waals surface area contributed by atoms with Gasteiger partial charge in [-0.05, 0) is 82.3 Å². The number of phenolic OH excluding ortho intramolecular Hbond substituents is 2. The molecule has 4 aliphatic carbocycles. The van der Waals surface area contributed by atoms with Crippen LogP contribution in [0.15, 0.2) is 58.7 Å². The van der Waals surface area contributed by atoms with Gasteiger partial charge in [-0.1, -0.05) is 68.7 Å². The highest BCUT2D eigenvalue weighted by Gasteiger charge is 2.53. The molecule has 1 amide bonds. The molecule has 1 aliphatic heterocycles. The average molecular weight is 816 g/mol. The van der Waals surface area contributed by atoms with Crippen LogP contribution in [-0.2, 0) is 25.5 Å². The molecule has 0 spiro atoms. The van der Waals surface area contributed by atoms with E-state index in [4.69, 9.17) is 9.47 Å². The van der Waals surface area contributed by atoms with Crippen molar-refractivity contribution in [3.8, 4) is 11.5 Å². The van der Waals surface area contributed by atoms with Gasteiger partial charge in [0.1, 0.15) is 29.8 Å². The summed E-state index contributed by atoms with van der Waals surface area (Å²) >= 11 is 0. The fourth-order valence-electron chi connectivity index (χ4n) is 10.1. The van der Waals surface area contributed by atoms with Crippen LogP contribution in [0.2, 0.25) is 0 Å². The van der Waals surface area contributed by atoms with E-state index in [0.29, 0.717) is 12.0 Å². The summed E-state index contributed by atoms with van der Waals surface area (Å²) in [4.78, 5) is 54.1. The van der Waals surface area contributed by atoms with Gasteiger partial charge in [0.15, 0.2) is 23.6 Å². The maximum Gasteiger partial charge on any atom is 0.244 e. The van der Waals surface area contributed by atoms with Gasteiger partial charge in [-0.25, -0.2) is 0 Å². The Morgan fingerprint density at radius 2 is 1.71 bits per heavy atom. The predicted molar refractivity (Wildman–Crippen MR) is 221 cm³/mol. The maximum atomic E-state index is 14.0. The number of fused-ring (bicyclic) bond motifs is 3. The fraction of sp³-hybridized carbons (Fsp3) is 0.574. The Labute approximate surface area is 346 Å². The summed E-state index contributed by atoms with van der Waals surface area (Å²) in [6.07, 6.45) is 11.1. The molecule has 0 radical (unpaired) electrons. The minimum Gasteiger partial charge on any atom is -0.507 e. The lowest BCUT2D eigenvalue weighted by atomic mass is 9.62. The Bertz CT molecular complexity index is 2040. The standard InChI is InChI=1S/C47H61NO11/c1-24(16-17-31-26(3)14-10-18-46(31,6)7)11-8-12-25(2)19-35(51)48-32-20-36(58-28(5)41(32)52)59-33-22-47(57,34(50)23-49)21-30-38(33)45(56)40-39(43(30)54)42(53)29-15-9-13-27(4)37(29)44(40)55/h8,11-12,16-17,19,27-29,32-33,36-37,41,49,52,54,56-57H,9-10,13-15,18,20-23H2,1-7H3,(H,48,51)/b12-8+,17-16+,24-11+,25-19+. The predicted octanol–water partition coefficient (Wildman–Crippen LogP) is 6.34. The Balaban J connectivity index is 1.21. The van der Waals surface area contributed by atoms with Gasteiger partial charge < -0.3 is 40.3 Å². The van der Waals surface area contributed by atoms with Gasteiger partial charge in [-0.2, -0.15) is 0 Å². The van der Waals surface area contributed by atoms with Crippen LogP contribution in [0.3, 0.4) is 0 Å². The number of benzene rings is 1. The van der Waals surface area contributed by atoms with Gasteiger partial charge in [0.2, 0.25) is 5.91 Å².